The van der Waals surface area contributed by atoms with E-state index in [4.69, 9.17) is 4.74 Å². The van der Waals surface area contributed by atoms with E-state index in [1.54, 1.807) is 0 Å². The lowest BCUT2D eigenvalue weighted by atomic mass is 9.80. The zero-order chi connectivity index (χ0) is 21.7. The van der Waals surface area contributed by atoms with Gasteiger partial charge in [-0.2, -0.15) is 0 Å². The molecule has 0 spiro atoms. The Kier molecular flexibility index (Phi) is 6.73. The van der Waals surface area contributed by atoms with Crippen molar-refractivity contribution in [2.24, 2.45) is 5.92 Å². The molecule has 1 N–H and O–H groups in total. The molecule has 1 unspecified atom stereocenters. The van der Waals surface area contributed by atoms with E-state index in [-0.39, 0.29) is 12.0 Å². The van der Waals surface area contributed by atoms with Crippen molar-refractivity contribution in [1.29, 1.82) is 0 Å². The molecule has 4 rings (SSSR count). The number of carbonyl (C=O) groups is 1. The van der Waals surface area contributed by atoms with Gasteiger partial charge in [0.05, 0.1) is 26.7 Å². The molecular formula is C26H35N2O3+. The molecule has 1 atom stereocenters. The largest absolute Gasteiger partial charge is 0.460 e. The van der Waals surface area contributed by atoms with Crippen LogP contribution in [-0.2, 0) is 21.6 Å². The molecule has 1 saturated heterocycles. The average molecular weight is 424 g/mol. The van der Waals surface area contributed by atoms with E-state index < -0.39 is 11.6 Å². The van der Waals surface area contributed by atoms with Gasteiger partial charge in [-0.25, -0.2) is 4.79 Å². The highest BCUT2D eigenvalue weighted by atomic mass is 16.6. The first-order valence-electron chi connectivity index (χ1n) is 11.7. The van der Waals surface area contributed by atoms with E-state index in [1.807, 2.05) is 48.7 Å². The molecule has 1 aromatic carbocycles. The zero-order valence-corrected chi connectivity index (χ0v) is 18.6. The number of hydrogen-bond acceptors (Lipinski definition) is 4. The Bertz CT molecular complexity index is 843. The third-order valence-electron chi connectivity index (χ3n) is 7.36. The van der Waals surface area contributed by atoms with Crippen LogP contribution in [0.1, 0.15) is 49.8 Å². The monoisotopic (exact) mass is 423 g/mol. The molecule has 5 nitrogen and oxygen atoms in total. The van der Waals surface area contributed by atoms with Gasteiger partial charge < -0.3 is 14.3 Å². The van der Waals surface area contributed by atoms with E-state index in [0.29, 0.717) is 5.56 Å². The molecule has 0 amide bonds. The van der Waals surface area contributed by atoms with Crippen molar-refractivity contribution < 1.29 is 19.1 Å². The summed E-state index contributed by atoms with van der Waals surface area (Å²) in [5.41, 5.74) is 0.255. The fourth-order valence-corrected chi connectivity index (χ4v) is 5.24. The van der Waals surface area contributed by atoms with Gasteiger partial charge in [0.1, 0.15) is 6.10 Å². The van der Waals surface area contributed by atoms with Crippen LogP contribution >= 0.6 is 0 Å². The Labute approximate surface area is 185 Å². The van der Waals surface area contributed by atoms with Crippen LogP contribution in [0.15, 0.2) is 54.7 Å². The minimum absolute atomic E-state index is 0.0644. The standard InChI is InChI=1S/C26H35N2O3/c1-28(18-14-23-13-7-8-17-27-23)19-15-24(16-20-28)31-25(29)26(30,22-11-5-6-12-22)21-9-3-2-4-10-21/h2-4,7-10,13,17,22,24,30H,5-6,11-12,14-16,18-20H2,1H3/q+1. The number of rotatable bonds is 7. The van der Waals surface area contributed by atoms with Crippen molar-refractivity contribution in [3.8, 4) is 0 Å². The summed E-state index contributed by atoms with van der Waals surface area (Å²) in [5.74, 6) is -0.523. The first kappa shape index (κ1) is 22.0. The quantitative estimate of drug-likeness (QED) is 0.543. The maximum Gasteiger partial charge on any atom is 0.343 e. The van der Waals surface area contributed by atoms with Crippen molar-refractivity contribution >= 4 is 5.97 Å². The average Bonchev–Trinajstić information content (AvgIpc) is 3.36. The van der Waals surface area contributed by atoms with Gasteiger partial charge >= 0.3 is 5.97 Å². The highest BCUT2D eigenvalue weighted by Gasteiger charge is 2.49. The predicted octanol–water partition coefficient (Wildman–Crippen LogP) is 3.85. The molecule has 2 aromatic rings. The number of pyridine rings is 1. The van der Waals surface area contributed by atoms with Crippen LogP contribution in [-0.4, -0.2) is 53.3 Å². The molecule has 2 heterocycles. The topological polar surface area (TPSA) is 59.4 Å². The van der Waals surface area contributed by atoms with Crippen LogP contribution in [0.25, 0.3) is 0 Å². The van der Waals surface area contributed by atoms with Crippen LogP contribution in [0.3, 0.4) is 0 Å². The van der Waals surface area contributed by atoms with Gasteiger partial charge in [-0.1, -0.05) is 49.2 Å². The number of carbonyl (C=O) groups excluding carboxylic acids is 1. The van der Waals surface area contributed by atoms with Gasteiger partial charge in [0, 0.05) is 37.1 Å². The molecule has 31 heavy (non-hydrogen) atoms. The molecule has 5 heteroatoms. The van der Waals surface area contributed by atoms with E-state index >= 15 is 0 Å². The van der Waals surface area contributed by atoms with Gasteiger partial charge in [-0.3, -0.25) is 4.98 Å². The molecular weight excluding hydrogens is 388 g/mol. The third kappa shape index (κ3) is 4.99. The van der Waals surface area contributed by atoms with Crippen molar-refractivity contribution in [3.05, 3.63) is 66.0 Å². The lowest BCUT2D eigenvalue weighted by Gasteiger charge is -2.41. The number of likely N-dealkylation sites (N-methyl/N-ethyl adjacent to an activating group) is 1. The SMILES string of the molecule is C[N+]1(CCc2ccccn2)CCC(OC(=O)C(O)(c2ccccc2)C2CCCC2)CC1. The normalized spacial score (nSPS) is 26.3. The lowest BCUT2D eigenvalue weighted by Crippen LogP contribution is -2.53. The summed E-state index contributed by atoms with van der Waals surface area (Å²) in [4.78, 5) is 17.7. The van der Waals surface area contributed by atoms with Gasteiger partial charge in [-0.15, -0.1) is 0 Å². The van der Waals surface area contributed by atoms with Crippen molar-refractivity contribution in [2.45, 2.75) is 56.7 Å². The Morgan fingerprint density at radius 3 is 2.39 bits per heavy atom. The molecule has 2 fully saturated rings. The fraction of sp³-hybridized carbons (Fsp3) is 0.538. The minimum atomic E-state index is -1.54. The van der Waals surface area contributed by atoms with Crippen LogP contribution in [0.2, 0.25) is 0 Å². The fourth-order valence-electron chi connectivity index (χ4n) is 5.24. The minimum Gasteiger partial charge on any atom is -0.460 e. The van der Waals surface area contributed by atoms with Gasteiger partial charge in [0.25, 0.3) is 0 Å². The Morgan fingerprint density at radius 2 is 1.74 bits per heavy atom. The number of piperidine rings is 1. The van der Waals surface area contributed by atoms with Crippen LogP contribution in [0, 0.1) is 5.92 Å². The summed E-state index contributed by atoms with van der Waals surface area (Å²) < 4.78 is 6.94. The van der Waals surface area contributed by atoms with Crippen LogP contribution in [0.5, 0.6) is 0 Å². The maximum absolute atomic E-state index is 13.3. The lowest BCUT2D eigenvalue weighted by molar-refractivity contribution is -0.914. The third-order valence-corrected chi connectivity index (χ3v) is 7.36. The predicted molar refractivity (Wildman–Crippen MR) is 120 cm³/mol. The molecule has 1 aliphatic heterocycles. The summed E-state index contributed by atoms with van der Waals surface area (Å²) in [5, 5.41) is 11.6. The number of aliphatic hydroxyl groups is 1. The molecule has 2 aliphatic rings. The second-order valence-corrected chi connectivity index (χ2v) is 9.58. The Balaban J connectivity index is 1.37. The second-order valence-electron chi connectivity index (χ2n) is 9.58. The van der Waals surface area contributed by atoms with Gasteiger partial charge in [-0.05, 0) is 30.5 Å². The Morgan fingerprint density at radius 1 is 1.06 bits per heavy atom. The molecule has 0 bridgehead atoms. The highest BCUT2D eigenvalue weighted by Crippen LogP contribution is 2.42. The number of hydrogen-bond donors (Lipinski definition) is 1. The number of nitrogens with zero attached hydrogens (tertiary/aromatic N) is 2. The molecule has 1 saturated carbocycles. The van der Waals surface area contributed by atoms with Crippen LogP contribution < -0.4 is 0 Å². The number of likely N-dealkylation sites (tertiary alicyclic amines) is 1. The number of aromatic nitrogens is 1. The van der Waals surface area contributed by atoms with Gasteiger partial charge in [0.15, 0.2) is 5.60 Å². The summed E-state index contributed by atoms with van der Waals surface area (Å²) in [7, 11) is 2.28. The van der Waals surface area contributed by atoms with Crippen molar-refractivity contribution in [1.82, 2.24) is 4.98 Å². The highest BCUT2D eigenvalue weighted by molar-refractivity contribution is 5.81. The number of esters is 1. The van der Waals surface area contributed by atoms with Gasteiger partial charge in [0.2, 0.25) is 0 Å². The van der Waals surface area contributed by atoms with E-state index in [1.165, 1.54) is 0 Å². The Hall–Kier alpha value is -2.24. The van der Waals surface area contributed by atoms with Crippen molar-refractivity contribution in [3.63, 3.8) is 0 Å². The first-order chi connectivity index (χ1) is 15.0. The molecule has 1 aliphatic carbocycles. The molecule has 166 valence electrons. The summed E-state index contributed by atoms with van der Waals surface area (Å²) in [6, 6.07) is 15.4. The first-order valence-corrected chi connectivity index (χ1v) is 11.7. The van der Waals surface area contributed by atoms with Crippen LogP contribution in [0.4, 0.5) is 0 Å². The van der Waals surface area contributed by atoms with Crippen molar-refractivity contribution in [2.75, 3.05) is 26.7 Å². The summed E-state index contributed by atoms with van der Waals surface area (Å²) in [6.07, 6.45) is 8.20. The smallest absolute Gasteiger partial charge is 0.343 e. The maximum atomic E-state index is 13.3. The zero-order valence-electron chi connectivity index (χ0n) is 18.6. The van der Waals surface area contributed by atoms with E-state index in [9.17, 15) is 9.90 Å². The van der Waals surface area contributed by atoms with E-state index in [0.717, 1.165) is 74.8 Å². The van der Waals surface area contributed by atoms with E-state index in [2.05, 4.69) is 18.1 Å². The number of benzene rings is 1. The molecule has 0 radical (unpaired) electrons. The number of quaternary nitrogens is 1. The molecule has 1 aromatic heterocycles. The summed E-state index contributed by atoms with van der Waals surface area (Å²) >= 11 is 0. The summed E-state index contributed by atoms with van der Waals surface area (Å²) in [6.45, 7) is 2.98. The second kappa shape index (κ2) is 9.49. The number of ether oxygens (including phenoxy) is 1.